The van der Waals surface area contributed by atoms with Crippen LogP contribution in [0.1, 0.15) is 49.6 Å². The summed E-state index contributed by atoms with van der Waals surface area (Å²) in [6, 6.07) is 8.46. The first-order valence-corrected chi connectivity index (χ1v) is 9.78. The molecule has 134 valence electrons. The summed E-state index contributed by atoms with van der Waals surface area (Å²) in [6.07, 6.45) is 1.10. The Hall–Kier alpha value is -2.45. The van der Waals surface area contributed by atoms with Crippen LogP contribution in [0, 0.1) is 25.2 Å². The number of unbranched alkanes of at least 4 members (excludes halogenated alkanes) is 1. The summed E-state index contributed by atoms with van der Waals surface area (Å²) in [7, 11) is 0. The largest absolute Gasteiger partial charge is 0.296 e. The van der Waals surface area contributed by atoms with Gasteiger partial charge in [-0.1, -0.05) is 37.6 Å². The third-order valence-corrected chi connectivity index (χ3v) is 5.45. The van der Waals surface area contributed by atoms with Gasteiger partial charge in [0.05, 0.1) is 11.5 Å². The summed E-state index contributed by atoms with van der Waals surface area (Å²) in [6.45, 7) is 8.78. The molecule has 4 nitrogen and oxygen atoms in total. The Morgan fingerprint density at radius 3 is 2.69 bits per heavy atom. The summed E-state index contributed by atoms with van der Waals surface area (Å²) in [4.78, 5) is 18.9. The third kappa shape index (κ3) is 3.30. The number of benzene rings is 1. The molecule has 26 heavy (non-hydrogen) atoms. The highest BCUT2D eigenvalue weighted by Gasteiger charge is 2.19. The van der Waals surface area contributed by atoms with Crippen LogP contribution in [-0.4, -0.2) is 9.55 Å². The minimum absolute atomic E-state index is 0.00728. The van der Waals surface area contributed by atoms with Crippen molar-refractivity contribution in [3.8, 4) is 17.2 Å². The fourth-order valence-corrected chi connectivity index (χ4v) is 4.26. The van der Waals surface area contributed by atoms with Crippen LogP contribution in [0.3, 0.4) is 0 Å². The van der Waals surface area contributed by atoms with E-state index in [1.807, 2.05) is 19.2 Å². The molecule has 2 heterocycles. The Morgan fingerprint density at radius 2 is 2.04 bits per heavy atom. The van der Waals surface area contributed by atoms with Crippen molar-refractivity contribution in [2.24, 2.45) is 0 Å². The van der Waals surface area contributed by atoms with Crippen molar-refractivity contribution in [3.63, 3.8) is 0 Å². The first-order valence-electron chi connectivity index (χ1n) is 8.90. The van der Waals surface area contributed by atoms with E-state index >= 15 is 0 Å². The van der Waals surface area contributed by atoms with E-state index in [1.54, 1.807) is 4.57 Å². The molecule has 0 bridgehead atoms. The molecule has 3 rings (SSSR count). The lowest BCUT2D eigenvalue weighted by Gasteiger charge is -2.15. The molecule has 0 saturated heterocycles. The fraction of sp³-hybridized carbons (Fsp3) is 0.381. The van der Waals surface area contributed by atoms with E-state index < -0.39 is 0 Å². The highest BCUT2D eigenvalue weighted by Crippen LogP contribution is 2.34. The van der Waals surface area contributed by atoms with E-state index in [9.17, 15) is 4.79 Å². The predicted molar refractivity (Wildman–Crippen MR) is 108 cm³/mol. The van der Waals surface area contributed by atoms with Crippen molar-refractivity contribution in [3.05, 3.63) is 50.9 Å². The number of nitrogens with zero attached hydrogens (tertiary/aromatic N) is 3. The zero-order valence-corrected chi connectivity index (χ0v) is 16.5. The normalized spacial score (nSPS) is 11.2. The van der Waals surface area contributed by atoms with Crippen molar-refractivity contribution in [2.75, 3.05) is 0 Å². The molecular weight excluding hydrogens is 342 g/mol. The molecule has 0 aliphatic rings. The van der Waals surface area contributed by atoms with E-state index in [1.165, 1.54) is 16.9 Å². The highest BCUT2D eigenvalue weighted by molar-refractivity contribution is 7.17. The van der Waals surface area contributed by atoms with Crippen molar-refractivity contribution in [1.29, 1.82) is 5.26 Å². The van der Waals surface area contributed by atoms with Crippen LogP contribution >= 0.6 is 11.3 Å². The molecule has 0 amide bonds. The average molecular weight is 366 g/mol. The molecule has 0 saturated carbocycles. The number of aryl methyl sites for hydroxylation is 2. The molecule has 0 atom stereocenters. The van der Waals surface area contributed by atoms with E-state index in [2.05, 4.69) is 38.1 Å². The van der Waals surface area contributed by atoms with Gasteiger partial charge in [-0.3, -0.25) is 9.36 Å². The lowest BCUT2D eigenvalue weighted by atomic mass is 9.99. The van der Waals surface area contributed by atoms with Crippen LogP contribution in [0.15, 0.2) is 28.4 Å². The molecule has 3 aromatic rings. The molecule has 0 aliphatic heterocycles. The Morgan fingerprint density at radius 1 is 1.27 bits per heavy atom. The second-order valence-electron chi connectivity index (χ2n) is 6.99. The van der Waals surface area contributed by atoms with Crippen molar-refractivity contribution in [1.82, 2.24) is 9.55 Å². The molecule has 5 heteroatoms. The maximum atomic E-state index is 13.3. The van der Waals surface area contributed by atoms with Crippen LogP contribution in [0.2, 0.25) is 0 Å². The minimum Gasteiger partial charge on any atom is -0.296 e. The summed E-state index contributed by atoms with van der Waals surface area (Å²) in [5.41, 5.74) is 4.42. The second kappa shape index (κ2) is 7.43. The standard InChI is InChI=1S/C21H23N3OS/c1-13(2)19-23-20-18(21(25)24(19)10-6-5-9-22)17(12-26-20)16-8-7-14(3)11-15(16)4/h7-8,11-13H,5-6,10H2,1-4H3. The zero-order chi connectivity index (χ0) is 18.8. The number of hydrogen-bond acceptors (Lipinski definition) is 4. The maximum Gasteiger partial charge on any atom is 0.262 e. The van der Waals surface area contributed by atoms with Crippen LogP contribution in [-0.2, 0) is 6.54 Å². The number of aromatic nitrogens is 2. The topological polar surface area (TPSA) is 58.7 Å². The number of fused-ring (bicyclic) bond motifs is 1. The number of thiophene rings is 1. The molecule has 2 aromatic heterocycles. The average Bonchev–Trinajstić information content (AvgIpc) is 3.00. The molecule has 0 radical (unpaired) electrons. The van der Waals surface area contributed by atoms with Gasteiger partial charge >= 0.3 is 0 Å². The lowest BCUT2D eigenvalue weighted by molar-refractivity contribution is 0.568. The Balaban J connectivity index is 2.24. The van der Waals surface area contributed by atoms with Crippen LogP contribution in [0.25, 0.3) is 21.3 Å². The molecule has 0 unspecified atom stereocenters. The van der Waals surface area contributed by atoms with Crippen molar-refractivity contribution in [2.45, 2.75) is 53.0 Å². The lowest BCUT2D eigenvalue weighted by Crippen LogP contribution is -2.26. The third-order valence-electron chi connectivity index (χ3n) is 4.58. The fourth-order valence-electron chi connectivity index (χ4n) is 3.33. The first kappa shape index (κ1) is 18.3. The highest BCUT2D eigenvalue weighted by atomic mass is 32.1. The van der Waals surface area contributed by atoms with Crippen molar-refractivity contribution < 1.29 is 0 Å². The molecule has 0 fully saturated rings. The molecule has 0 aliphatic carbocycles. The van der Waals surface area contributed by atoms with Gasteiger partial charge in [0.2, 0.25) is 0 Å². The molecule has 0 N–H and O–H groups in total. The van der Waals surface area contributed by atoms with Gasteiger partial charge in [0.15, 0.2) is 0 Å². The van der Waals surface area contributed by atoms with E-state index in [0.717, 1.165) is 27.3 Å². The Labute approximate surface area is 157 Å². The molecule has 0 spiro atoms. The number of hydrogen-bond donors (Lipinski definition) is 0. The van der Waals surface area contributed by atoms with Gasteiger partial charge in [-0.15, -0.1) is 11.3 Å². The summed E-state index contributed by atoms with van der Waals surface area (Å²) < 4.78 is 1.77. The predicted octanol–water partition coefficient (Wildman–Crippen LogP) is 5.17. The number of nitriles is 1. The Bertz CT molecular complexity index is 1050. The van der Waals surface area contributed by atoms with Crippen LogP contribution < -0.4 is 5.56 Å². The van der Waals surface area contributed by atoms with E-state index in [-0.39, 0.29) is 11.5 Å². The second-order valence-corrected chi connectivity index (χ2v) is 7.85. The van der Waals surface area contributed by atoms with Gasteiger partial charge < -0.3 is 0 Å². The van der Waals surface area contributed by atoms with Gasteiger partial charge in [0, 0.05) is 29.8 Å². The SMILES string of the molecule is Cc1ccc(-c2csc3nc(C(C)C)n(CCCC#N)c(=O)c23)c(C)c1. The van der Waals surface area contributed by atoms with E-state index in [4.69, 9.17) is 10.2 Å². The monoisotopic (exact) mass is 365 g/mol. The van der Waals surface area contributed by atoms with Gasteiger partial charge in [-0.2, -0.15) is 5.26 Å². The van der Waals surface area contributed by atoms with Crippen LogP contribution in [0.4, 0.5) is 0 Å². The van der Waals surface area contributed by atoms with Gasteiger partial charge in [0.1, 0.15) is 10.7 Å². The summed E-state index contributed by atoms with van der Waals surface area (Å²) in [5.74, 6) is 0.954. The summed E-state index contributed by atoms with van der Waals surface area (Å²) >= 11 is 1.53. The van der Waals surface area contributed by atoms with Crippen molar-refractivity contribution >= 4 is 21.6 Å². The zero-order valence-electron chi connectivity index (χ0n) is 15.7. The Kier molecular flexibility index (Phi) is 5.24. The minimum atomic E-state index is 0.00728. The molecule has 1 aromatic carbocycles. The first-order chi connectivity index (χ1) is 12.4. The maximum absolute atomic E-state index is 13.3. The van der Waals surface area contributed by atoms with Gasteiger partial charge in [-0.05, 0) is 31.4 Å². The van der Waals surface area contributed by atoms with Gasteiger partial charge in [0.25, 0.3) is 5.56 Å². The summed E-state index contributed by atoms with van der Waals surface area (Å²) in [5, 5.41) is 11.6. The smallest absolute Gasteiger partial charge is 0.262 e. The van der Waals surface area contributed by atoms with E-state index in [0.29, 0.717) is 24.8 Å². The molecular formula is C21H23N3OS. The number of rotatable bonds is 5. The van der Waals surface area contributed by atoms with Gasteiger partial charge in [-0.25, -0.2) is 4.98 Å². The van der Waals surface area contributed by atoms with Crippen LogP contribution in [0.5, 0.6) is 0 Å². The quantitative estimate of drug-likeness (QED) is 0.586.